The zero-order chi connectivity index (χ0) is 22.7. The van der Waals surface area contributed by atoms with Gasteiger partial charge >= 0.3 is 0 Å². The molecule has 3 rings (SSSR count). The average molecular weight is 429 g/mol. The summed E-state index contributed by atoms with van der Waals surface area (Å²) < 4.78 is 27.6. The fourth-order valence-corrected chi connectivity index (χ4v) is 3.66. The quantitative estimate of drug-likeness (QED) is 0.793. The fourth-order valence-electron chi connectivity index (χ4n) is 3.66. The second kappa shape index (κ2) is 9.24. The molecule has 0 saturated heterocycles. The Labute approximate surface area is 179 Å². The van der Waals surface area contributed by atoms with E-state index in [-0.39, 0.29) is 30.3 Å². The van der Waals surface area contributed by atoms with E-state index < -0.39 is 23.6 Å². The molecule has 1 aliphatic rings. The Morgan fingerprint density at radius 3 is 2.48 bits per heavy atom. The van der Waals surface area contributed by atoms with Crippen LogP contribution in [0.5, 0.6) is 0 Å². The van der Waals surface area contributed by atoms with E-state index in [4.69, 9.17) is 0 Å². The highest BCUT2D eigenvalue weighted by molar-refractivity contribution is 5.98. The lowest BCUT2D eigenvalue weighted by molar-refractivity contribution is -0.134. The topological polar surface area (TPSA) is 69.7 Å². The van der Waals surface area contributed by atoms with E-state index in [2.05, 4.69) is 5.32 Å². The number of likely N-dealkylation sites (N-methyl/N-ethyl adjacent to an activating group) is 1. The number of nitrogens with zero attached hydrogens (tertiary/aromatic N) is 2. The maximum atomic E-state index is 14.3. The first-order valence-electron chi connectivity index (χ1n) is 10.1. The van der Waals surface area contributed by atoms with Crippen molar-refractivity contribution < 1.29 is 23.2 Å². The molecule has 31 heavy (non-hydrogen) atoms. The molecule has 0 aromatic heterocycles. The normalized spacial score (nSPS) is 15.3. The first-order valence-corrected chi connectivity index (χ1v) is 10.1. The molecule has 0 aliphatic carbocycles. The Morgan fingerprint density at radius 2 is 1.84 bits per heavy atom. The summed E-state index contributed by atoms with van der Waals surface area (Å²) in [6.07, 6.45) is 1.37. The summed E-state index contributed by atoms with van der Waals surface area (Å²) in [5.41, 5.74) is 1.93. The molecule has 1 N–H and O–H groups in total. The van der Waals surface area contributed by atoms with Crippen LogP contribution in [0.2, 0.25) is 0 Å². The van der Waals surface area contributed by atoms with Gasteiger partial charge in [0.25, 0.3) is 5.91 Å². The lowest BCUT2D eigenvalue weighted by Crippen LogP contribution is -2.52. The van der Waals surface area contributed by atoms with Crippen molar-refractivity contribution in [2.45, 2.75) is 38.8 Å². The molecular formula is C23H25F2N3O3. The Hall–Kier alpha value is -3.29. The molecular weight excluding hydrogens is 404 g/mol. The van der Waals surface area contributed by atoms with Crippen LogP contribution >= 0.6 is 0 Å². The summed E-state index contributed by atoms with van der Waals surface area (Å²) in [4.78, 5) is 40.6. The minimum atomic E-state index is -0.979. The molecule has 1 unspecified atom stereocenters. The minimum absolute atomic E-state index is 0.0622. The van der Waals surface area contributed by atoms with Crippen LogP contribution < -0.4 is 5.32 Å². The zero-order valence-electron chi connectivity index (χ0n) is 17.7. The van der Waals surface area contributed by atoms with Crippen molar-refractivity contribution in [3.05, 3.63) is 64.7 Å². The molecule has 2 aromatic carbocycles. The third-order valence-electron chi connectivity index (χ3n) is 5.25. The molecule has 1 heterocycles. The van der Waals surface area contributed by atoms with Crippen LogP contribution in [0.3, 0.4) is 0 Å². The van der Waals surface area contributed by atoms with Crippen LogP contribution in [0.25, 0.3) is 0 Å². The number of nitrogens with one attached hydrogen (secondary N) is 1. The van der Waals surface area contributed by atoms with Gasteiger partial charge in [0.05, 0.1) is 5.56 Å². The highest BCUT2D eigenvalue weighted by atomic mass is 19.1. The van der Waals surface area contributed by atoms with Gasteiger partial charge in [0.15, 0.2) is 0 Å². The van der Waals surface area contributed by atoms with Gasteiger partial charge in [-0.25, -0.2) is 8.78 Å². The lowest BCUT2D eigenvalue weighted by atomic mass is 9.92. The van der Waals surface area contributed by atoms with Gasteiger partial charge in [-0.15, -0.1) is 0 Å². The Bertz CT molecular complexity index is 1020. The third-order valence-corrected chi connectivity index (χ3v) is 5.25. The van der Waals surface area contributed by atoms with Crippen molar-refractivity contribution in [1.29, 1.82) is 0 Å². The number of halogens is 2. The van der Waals surface area contributed by atoms with Crippen molar-refractivity contribution in [1.82, 2.24) is 9.80 Å². The second-order valence-corrected chi connectivity index (χ2v) is 7.79. The number of fused-ring (bicyclic) bond motifs is 1. The molecule has 0 radical (unpaired) electrons. The monoisotopic (exact) mass is 429 g/mol. The van der Waals surface area contributed by atoms with Gasteiger partial charge in [0.1, 0.15) is 17.7 Å². The van der Waals surface area contributed by atoms with E-state index in [1.54, 1.807) is 26.2 Å². The molecule has 0 spiro atoms. The van der Waals surface area contributed by atoms with E-state index >= 15 is 0 Å². The van der Waals surface area contributed by atoms with Gasteiger partial charge in [-0.05, 0) is 41.8 Å². The smallest absolute Gasteiger partial charge is 0.257 e. The molecule has 1 atom stereocenters. The van der Waals surface area contributed by atoms with Crippen molar-refractivity contribution >= 4 is 23.4 Å². The van der Waals surface area contributed by atoms with Crippen molar-refractivity contribution in [3.8, 4) is 0 Å². The van der Waals surface area contributed by atoms with Crippen LogP contribution in [0, 0.1) is 11.6 Å². The molecule has 1 aliphatic heterocycles. The first kappa shape index (κ1) is 22.4. The highest BCUT2D eigenvalue weighted by Crippen LogP contribution is 2.29. The van der Waals surface area contributed by atoms with Crippen LogP contribution in [0.1, 0.15) is 41.3 Å². The number of amides is 3. The highest BCUT2D eigenvalue weighted by Gasteiger charge is 2.36. The standard InChI is InChI=1S/C23H25F2N3O3/c1-4-5-21(29)26-17-8-6-14-11-20(23(31)27(2)3)28(13-15(14)10-17)22(30)18-9-7-16(24)12-19(18)25/h6-10,12,20H,4-5,11,13H2,1-3H3,(H,26,29). The van der Waals surface area contributed by atoms with Crippen molar-refractivity contribution in [3.63, 3.8) is 0 Å². The number of carbonyl (C=O) groups excluding carboxylic acids is 3. The van der Waals surface area contributed by atoms with Gasteiger partial charge in [-0.2, -0.15) is 0 Å². The summed E-state index contributed by atoms with van der Waals surface area (Å²) in [6.45, 7) is 1.97. The summed E-state index contributed by atoms with van der Waals surface area (Å²) in [5, 5.41) is 2.82. The SMILES string of the molecule is CCCC(=O)Nc1ccc2c(c1)CN(C(=O)c1ccc(F)cc1F)C(C(=O)N(C)C)C2. The molecule has 164 valence electrons. The number of hydrogen-bond acceptors (Lipinski definition) is 3. The fraction of sp³-hybridized carbons (Fsp3) is 0.348. The third kappa shape index (κ3) is 4.90. The van der Waals surface area contributed by atoms with E-state index in [0.29, 0.717) is 18.2 Å². The van der Waals surface area contributed by atoms with E-state index in [1.165, 1.54) is 9.80 Å². The Morgan fingerprint density at radius 1 is 1.10 bits per heavy atom. The molecule has 0 saturated carbocycles. The maximum Gasteiger partial charge on any atom is 0.257 e. The van der Waals surface area contributed by atoms with Gasteiger partial charge in [-0.1, -0.05) is 13.0 Å². The first-order chi connectivity index (χ1) is 14.7. The van der Waals surface area contributed by atoms with Gasteiger partial charge in [-0.3, -0.25) is 14.4 Å². The van der Waals surface area contributed by atoms with Crippen molar-refractivity contribution in [2.75, 3.05) is 19.4 Å². The van der Waals surface area contributed by atoms with Crippen molar-refractivity contribution in [2.24, 2.45) is 0 Å². The second-order valence-electron chi connectivity index (χ2n) is 7.79. The molecule has 8 heteroatoms. The predicted octanol–water partition coefficient (Wildman–Crippen LogP) is 3.36. The summed E-state index contributed by atoms with van der Waals surface area (Å²) in [6, 6.07) is 7.28. The van der Waals surface area contributed by atoms with E-state index in [1.807, 2.05) is 13.0 Å². The molecule has 0 fully saturated rings. The van der Waals surface area contributed by atoms with Crippen LogP contribution in [0.4, 0.5) is 14.5 Å². The molecule has 0 bridgehead atoms. The van der Waals surface area contributed by atoms with E-state index in [9.17, 15) is 23.2 Å². The average Bonchev–Trinajstić information content (AvgIpc) is 2.71. The molecule has 3 amide bonds. The Balaban J connectivity index is 1.96. The maximum absolute atomic E-state index is 14.3. The van der Waals surface area contributed by atoms with Crippen LogP contribution in [-0.4, -0.2) is 47.7 Å². The number of rotatable bonds is 5. The predicted molar refractivity (Wildman–Crippen MR) is 112 cm³/mol. The lowest BCUT2D eigenvalue weighted by Gasteiger charge is -2.37. The van der Waals surface area contributed by atoms with E-state index in [0.717, 1.165) is 29.7 Å². The molecule has 6 nitrogen and oxygen atoms in total. The van der Waals surface area contributed by atoms with Gasteiger partial charge in [0, 0.05) is 45.2 Å². The largest absolute Gasteiger partial charge is 0.347 e. The van der Waals surface area contributed by atoms with Gasteiger partial charge in [0.2, 0.25) is 11.8 Å². The number of hydrogen-bond donors (Lipinski definition) is 1. The van der Waals surface area contributed by atoms with Crippen LogP contribution in [0.15, 0.2) is 36.4 Å². The van der Waals surface area contributed by atoms with Crippen LogP contribution in [-0.2, 0) is 22.6 Å². The summed E-state index contributed by atoms with van der Waals surface area (Å²) in [7, 11) is 3.18. The number of anilines is 1. The zero-order valence-corrected chi connectivity index (χ0v) is 17.7. The number of carbonyl (C=O) groups is 3. The molecule has 2 aromatic rings. The number of benzene rings is 2. The Kier molecular flexibility index (Phi) is 6.68. The minimum Gasteiger partial charge on any atom is -0.347 e. The summed E-state index contributed by atoms with van der Waals surface area (Å²) >= 11 is 0. The van der Waals surface area contributed by atoms with Gasteiger partial charge < -0.3 is 15.1 Å². The summed E-state index contributed by atoms with van der Waals surface area (Å²) in [5.74, 6) is -2.86.